The van der Waals surface area contributed by atoms with Gasteiger partial charge in [-0.1, -0.05) is 28.9 Å². The van der Waals surface area contributed by atoms with Gasteiger partial charge in [-0.15, -0.1) is 5.10 Å². The Hall–Kier alpha value is -5.06. The summed E-state index contributed by atoms with van der Waals surface area (Å²) in [5.74, 6) is -0.295. The number of hydrogen-bond donors (Lipinski definition) is 1. The standard InChI is InChI=1S/C26H22N6O5/c1-3-36-25(34)17-9-11-19(12-10-17)27-21(33)15-32-26(35)31-13-5-8-20(23(31)29-32)24-28-22(30-37-24)18-7-4-6-16(2)14-18/h4-14H,3,15H2,1-2H3,(H,27,33). The van der Waals surface area contributed by atoms with Gasteiger partial charge in [-0.3, -0.25) is 4.79 Å². The first-order chi connectivity index (χ1) is 17.9. The van der Waals surface area contributed by atoms with Crippen molar-refractivity contribution in [1.29, 1.82) is 0 Å². The van der Waals surface area contributed by atoms with Gasteiger partial charge in [-0.05, 0) is 56.3 Å². The molecule has 0 aliphatic heterocycles. The monoisotopic (exact) mass is 498 g/mol. The van der Waals surface area contributed by atoms with Crippen LogP contribution in [0.4, 0.5) is 5.69 Å². The fraction of sp³-hybridized carbons (Fsp3) is 0.154. The number of rotatable bonds is 7. The Morgan fingerprint density at radius 3 is 2.65 bits per heavy atom. The topological polar surface area (TPSA) is 134 Å². The molecule has 5 aromatic rings. The minimum atomic E-state index is -0.497. The Labute approximate surface area is 210 Å². The van der Waals surface area contributed by atoms with E-state index in [9.17, 15) is 14.4 Å². The van der Waals surface area contributed by atoms with Gasteiger partial charge in [0.25, 0.3) is 5.89 Å². The molecule has 0 bridgehead atoms. The zero-order chi connectivity index (χ0) is 25.9. The van der Waals surface area contributed by atoms with Crippen LogP contribution >= 0.6 is 0 Å². The molecule has 1 N–H and O–H groups in total. The number of aromatic nitrogens is 5. The lowest BCUT2D eigenvalue weighted by atomic mass is 10.1. The Morgan fingerprint density at radius 2 is 1.89 bits per heavy atom. The quantitative estimate of drug-likeness (QED) is 0.338. The lowest BCUT2D eigenvalue weighted by molar-refractivity contribution is -0.117. The van der Waals surface area contributed by atoms with Gasteiger partial charge in [0.05, 0.1) is 17.7 Å². The zero-order valence-corrected chi connectivity index (χ0v) is 20.0. The number of fused-ring (bicyclic) bond motifs is 1. The Balaban J connectivity index is 1.37. The molecule has 0 fully saturated rings. The van der Waals surface area contributed by atoms with E-state index in [0.29, 0.717) is 22.6 Å². The van der Waals surface area contributed by atoms with E-state index in [-0.39, 0.29) is 24.7 Å². The van der Waals surface area contributed by atoms with Crippen molar-refractivity contribution < 1.29 is 18.8 Å². The van der Waals surface area contributed by atoms with Crippen molar-refractivity contribution in [2.75, 3.05) is 11.9 Å². The predicted octanol–water partition coefficient (Wildman–Crippen LogP) is 3.34. The molecule has 0 aliphatic carbocycles. The average molecular weight is 498 g/mol. The van der Waals surface area contributed by atoms with Gasteiger partial charge in [-0.25, -0.2) is 18.7 Å². The van der Waals surface area contributed by atoms with Crippen LogP contribution in [-0.4, -0.2) is 42.8 Å². The van der Waals surface area contributed by atoms with Crippen LogP contribution in [0.2, 0.25) is 0 Å². The number of carbonyl (C=O) groups is 2. The number of esters is 1. The molecular weight excluding hydrogens is 476 g/mol. The van der Waals surface area contributed by atoms with Gasteiger partial charge in [-0.2, -0.15) is 4.98 Å². The Morgan fingerprint density at radius 1 is 1.08 bits per heavy atom. The van der Waals surface area contributed by atoms with E-state index in [0.717, 1.165) is 15.8 Å². The molecule has 2 aromatic carbocycles. The number of benzene rings is 2. The summed E-state index contributed by atoms with van der Waals surface area (Å²) in [5, 5.41) is 11.1. The molecule has 1 amide bonds. The molecule has 5 rings (SSSR count). The van der Waals surface area contributed by atoms with Crippen LogP contribution in [0.25, 0.3) is 28.5 Å². The molecule has 0 spiro atoms. The lowest BCUT2D eigenvalue weighted by Gasteiger charge is -2.06. The van der Waals surface area contributed by atoms with Crippen molar-refractivity contribution in [2.24, 2.45) is 0 Å². The second-order valence-corrected chi connectivity index (χ2v) is 8.19. The number of anilines is 1. The third-order valence-electron chi connectivity index (χ3n) is 5.52. The largest absolute Gasteiger partial charge is 0.462 e. The summed E-state index contributed by atoms with van der Waals surface area (Å²) in [6.07, 6.45) is 1.55. The maximum atomic E-state index is 12.9. The lowest BCUT2D eigenvalue weighted by Crippen LogP contribution is -2.28. The first-order valence-electron chi connectivity index (χ1n) is 11.5. The smallest absolute Gasteiger partial charge is 0.350 e. The summed E-state index contributed by atoms with van der Waals surface area (Å²) in [6, 6.07) is 17.3. The van der Waals surface area contributed by atoms with E-state index in [1.807, 2.05) is 31.2 Å². The number of nitrogens with zero attached hydrogens (tertiary/aromatic N) is 5. The molecule has 0 saturated heterocycles. The van der Waals surface area contributed by atoms with E-state index in [1.54, 1.807) is 49.5 Å². The first kappa shape index (κ1) is 23.7. The van der Waals surface area contributed by atoms with Crippen molar-refractivity contribution in [2.45, 2.75) is 20.4 Å². The Bertz CT molecular complexity index is 1670. The third kappa shape index (κ3) is 4.87. The molecule has 3 heterocycles. The number of nitrogens with one attached hydrogen (secondary N) is 1. The van der Waals surface area contributed by atoms with E-state index in [4.69, 9.17) is 9.26 Å². The van der Waals surface area contributed by atoms with Crippen LogP contribution in [0.3, 0.4) is 0 Å². The zero-order valence-electron chi connectivity index (χ0n) is 20.0. The van der Waals surface area contributed by atoms with E-state index >= 15 is 0 Å². The van der Waals surface area contributed by atoms with Crippen LogP contribution in [0.5, 0.6) is 0 Å². The van der Waals surface area contributed by atoms with Crippen LogP contribution < -0.4 is 11.0 Å². The normalized spacial score (nSPS) is 11.0. The number of carbonyl (C=O) groups excluding carboxylic acids is 2. The molecular formula is C26H22N6O5. The van der Waals surface area contributed by atoms with Crippen molar-refractivity contribution in [1.82, 2.24) is 24.3 Å². The average Bonchev–Trinajstić information content (AvgIpc) is 3.50. The molecule has 0 radical (unpaired) electrons. The number of aryl methyl sites for hydroxylation is 1. The van der Waals surface area contributed by atoms with Crippen molar-refractivity contribution >= 4 is 23.2 Å². The molecule has 11 heteroatoms. The van der Waals surface area contributed by atoms with Gasteiger partial charge in [0.15, 0.2) is 5.65 Å². The SMILES string of the molecule is CCOC(=O)c1ccc(NC(=O)Cn2nc3c(-c4nc(-c5cccc(C)c5)no4)cccn3c2=O)cc1. The summed E-state index contributed by atoms with van der Waals surface area (Å²) in [6.45, 7) is 3.64. The van der Waals surface area contributed by atoms with Gasteiger partial charge in [0.2, 0.25) is 11.7 Å². The minimum absolute atomic E-state index is 0.199. The summed E-state index contributed by atoms with van der Waals surface area (Å²) in [4.78, 5) is 41.8. The molecule has 186 valence electrons. The van der Waals surface area contributed by atoms with Crippen LogP contribution in [0.15, 0.2) is 76.2 Å². The third-order valence-corrected chi connectivity index (χ3v) is 5.52. The Kier molecular flexibility index (Phi) is 6.33. The first-order valence-corrected chi connectivity index (χ1v) is 11.5. The van der Waals surface area contributed by atoms with Gasteiger partial charge in [0, 0.05) is 17.4 Å². The molecule has 11 nitrogen and oxygen atoms in total. The fourth-order valence-corrected chi connectivity index (χ4v) is 3.78. The molecule has 0 atom stereocenters. The van der Waals surface area contributed by atoms with Gasteiger partial charge >= 0.3 is 11.7 Å². The van der Waals surface area contributed by atoms with Crippen LogP contribution in [0.1, 0.15) is 22.8 Å². The molecule has 0 saturated carbocycles. The summed E-state index contributed by atoms with van der Waals surface area (Å²) >= 11 is 0. The van der Waals surface area contributed by atoms with E-state index in [1.165, 1.54) is 4.40 Å². The molecule has 37 heavy (non-hydrogen) atoms. The second-order valence-electron chi connectivity index (χ2n) is 8.19. The van der Waals surface area contributed by atoms with Crippen molar-refractivity contribution in [3.8, 4) is 22.8 Å². The van der Waals surface area contributed by atoms with Crippen molar-refractivity contribution in [3.63, 3.8) is 0 Å². The summed E-state index contributed by atoms with van der Waals surface area (Å²) in [7, 11) is 0. The molecule has 0 aliphatic rings. The van der Waals surface area contributed by atoms with Crippen molar-refractivity contribution in [3.05, 3.63) is 88.5 Å². The van der Waals surface area contributed by atoms with Gasteiger partial charge < -0.3 is 14.6 Å². The number of pyridine rings is 1. The van der Waals surface area contributed by atoms with E-state index < -0.39 is 17.6 Å². The van der Waals surface area contributed by atoms with Gasteiger partial charge in [0.1, 0.15) is 6.54 Å². The maximum Gasteiger partial charge on any atom is 0.350 e. The molecule has 0 unspecified atom stereocenters. The van der Waals surface area contributed by atoms with Crippen LogP contribution in [-0.2, 0) is 16.1 Å². The summed E-state index contributed by atoms with van der Waals surface area (Å²) in [5.41, 5.74) is 2.93. The number of amides is 1. The minimum Gasteiger partial charge on any atom is -0.462 e. The highest BCUT2D eigenvalue weighted by Crippen LogP contribution is 2.25. The molecule has 3 aromatic heterocycles. The van der Waals surface area contributed by atoms with Crippen LogP contribution in [0, 0.1) is 6.92 Å². The maximum absolute atomic E-state index is 12.9. The highest BCUT2D eigenvalue weighted by atomic mass is 16.5. The summed E-state index contributed by atoms with van der Waals surface area (Å²) < 4.78 is 12.8. The van der Waals surface area contributed by atoms with E-state index in [2.05, 4.69) is 20.6 Å². The fourth-order valence-electron chi connectivity index (χ4n) is 3.78. The highest BCUT2D eigenvalue weighted by Gasteiger charge is 2.19. The number of hydrogen-bond acceptors (Lipinski definition) is 8. The highest BCUT2D eigenvalue weighted by molar-refractivity contribution is 5.93. The number of ether oxygens (including phenoxy) is 1. The predicted molar refractivity (Wildman–Crippen MR) is 134 cm³/mol. The second kappa shape index (κ2) is 9.90.